The van der Waals surface area contributed by atoms with Crippen molar-refractivity contribution in [3.05, 3.63) is 59.7 Å². The number of rotatable bonds is 6. The molecule has 0 radical (unpaired) electrons. The topological polar surface area (TPSA) is 38.3 Å². The third-order valence-electron chi connectivity index (χ3n) is 2.91. The van der Waals surface area contributed by atoms with Crippen LogP contribution < -0.4 is 10.1 Å². The molecule has 2 aromatic carbocycles. The van der Waals surface area contributed by atoms with Gasteiger partial charge in [0.05, 0.1) is 6.61 Å². The second kappa shape index (κ2) is 7.70. The molecule has 0 aliphatic heterocycles. The van der Waals surface area contributed by atoms with Crippen molar-refractivity contribution in [1.29, 1.82) is 0 Å². The summed E-state index contributed by atoms with van der Waals surface area (Å²) in [4.78, 5) is 12.2. The summed E-state index contributed by atoms with van der Waals surface area (Å²) in [6.07, 6.45) is 0.932. The molecule has 3 nitrogen and oxygen atoms in total. The lowest BCUT2D eigenvalue weighted by Crippen LogP contribution is -2.12. The van der Waals surface area contributed by atoms with E-state index in [2.05, 4.69) is 5.32 Å². The van der Waals surface area contributed by atoms with Crippen LogP contribution in [0.3, 0.4) is 0 Å². The predicted molar refractivity (Wildman–Crippen MR) is 86.2 cm³/mol. The molecule has 0 aromatic heterocycles. The first-order valence-electron chi connectivity index (χ1n) is 6.92. The molecule has 0 bridgehead atoms. The Hall–Kier alpha value is -2.00. The second-order valence-corrected chi connectivity index (χ2v) is 4.93. The van der Waals surface area contributed by atoms with Crippen LogP contribution in [0.5, 0.6) is 5.75 Å². The summed E-state index contributed by atoms with van der Waals surface area (Å²) in [5.41, 5.74) is 2.27. The van der Waals surface area contributed by atoms with E-state index in [1.165, 1.54) is 0 Å². The van der Waals surface area contributed by atoms with Gasteiger partial charge in [-0.2, -0.15) is 0 Å². The summed E-state index contributed by atoms with van der Waals surface area (Å²) in [6.45, 7) is 2.68. The lowest BCUT2D eigenvalue weighted by Gasteiger charge is -2.09. The van der Waals surface area contributed by atoms with Gasteiger partial charge in [0.2, 0.25) is 0 Å². The lowest BCUT2D eigenvalue weighted by atomic mass is 10.2. The molecule has 0 spiro atoms. The average molecular weight is 304 g/mol. The molecule has 0 fully saturated rings. The number of alkyl halides is 1. The van der Waals surface area contributed by atoms with Crippen molar-refractivity contribution in [1.82, 2.24) is 0 Å². The van der Waals surface area contributed by atoms with Crippen LogP contribution >= 0.6 is 11.6 Å². The van der Waals surface area contributed by atoms with Crippen molar-refractivity contribution in [2.24, 2.45) is 0 Å². The van der Waals surface area contributed by atoms with Crippen LogP contribution in [-0.2, 0) is 5.88 Å². The highest BCUT2D eigenvalue weighted by molar-refractivity contribution is 6.17. The first-order valence-corrected chi connectivity index (χ1v) is 7.45. The van der Waals surface area contributed by atoms with Crippen LogP contribution in [0.4, 0.5) is 5.69 Å². The Labute approximate surface area is 129 Å². The van der Waals surface area contributed by atoms with Gasteiger partial charge in [0, 0.05) is 17.1 Å². The summed E-state index contributed by atoms with van der Waals surface area (Å²) >= 11 is 5.79. The van der Waals surface area contributed by atoms with E-state index in [9.17, 15) is 4.79 Å². The Morgan fingerprint density at radius 1 is 1.19 bits per heavy atom. The van der Waals surface area contributed by atoms with E-state index in [1.54, 1.807) is 12.1 Å². The van der Waals surface area contributed by atoms with Gasteiger partial charge in [-0.15, -0.1) is 11.6 Å². The van der Waals surface area contributed by atoms with Gasteiger partial charge in [0.1, 0.15) is 5.75 Å². The minimum absolute atomic E-state index is 0.163. The molecule has 110 valence electrons. The Morgan fingerprint density at radius 3 is 2.76 bits per heavy atom. The number of hydrogen-bond acceptors (Lipinski definition) is 2. The zero-order valence-corrected chi connectivity index (χ0v) is 12.7. The molecular formula is C17H18ClNO2. The Morgan fingerprint density at radius 2 is 2.00 bits per heavy atom. The number of carbonyl (C=O) groups is 1. The molecule has 0 unspecified atom stereocenters. The van der Waals surface area contributed by atoms with E-state index in [1.807, 2.05) is 43.3 Å². The van der Waals surface area contributed by atoms with E-state index in [0.717, 1.165) is 17.7 Å². The van der Waals surface area contributed by atoms with E-state index >= 15 is 0 Å². The normalized spacial score (nSPS) is 10.2. The van der Waals surface area contributed by atoms with E-state index in [-0.39, 0.29) is 5.91 Å². The van der Waals surface area contributed by atoms with E-state index in [0.29, 0.717) is 23.8 Å². The van der Waals surface area contributed by atoms with Crippen molar-refractivity contribution >= 4 is 23.2 Å². The molecule has 0 saturated carbocycles. The zero-order valence-electron chi connectivity index (χ0n) is 11.9. The highest BCUT2D eigenvalue weighted by Gasteiger charge is 2.07. The zero-order chi connectivity index (χ0) is 15.1. The summed E-state index contributed by atoms with van der Waals surface area (Å²) in [7, 11) is 0. The predicted octanol–water partition coefficient (Wildman–Crippen LogP) is 4.47. The van der Waals surface area contributed by atoms with Gasteiger partial charge in [0.25, 0.3) is 5.91 Å². The molecule has 1 amide bonds. The molecule has 4 heteroatoms. The smallest absolute Gasteiger partial charge is 0.255 e. The number of benzene rings is 2. The highest BCUT2D eigenvalue weighted by atomic mass is 35.5. The number of nitrogens with one attached hydrogen (secondary N) is 1. The number of hydrogen-bond donors (Lipinski definition) is 1. The standard InChI is InChI=1S/C17H18ClNO2/c1-2-9-21-16-8-4-6-14(11-16)17(20)19-15-7-3-5-13(10-15)12-18/h3-8,10-11H,2,9,12H2,1H3,(H,19,20). The van der Waals surface area contributed by atoms with Gasteiger partial charge >= 0.3 is 0 Å². The minimum Gasteiger partial charge on any atom is -0.494 e. The van der Waals surface area contributed by atoms with E-state index in [4.69, 9.17) is 16.3 Å². The van der Waals surface area contributed by atoms with Gasteiger partial charge in [-0.25, -0.2) is 0 Å². The number of anilines is 1. The first-order chi connectivity index (χ1) is 10.2. The van der Waals surface area contributed by atoms with Crippen LogP contribution in [0.1, 0.15) is 29.3 Å². The van der Waals surface area contributed by atoms with Crippen molar-refractivity contribution in [3.8, 4) is 5.75 Å². The lowest BCUT2D eigenvalue weighted by molar-refractivity contribution is 0.102. The molecular weight excluding hydrogens is 286 g/mol. The largest absolute Gasteiger partial charge is 0.494 e. The summed E-state index contributed by atoms with van der Waals surface area (Å²) in [6, 6.07) is 14.7. The van der Waals surface area contributed by atoms with Gasteiger partial charge in [-0.3, -0.25) is 4.79 Å². The Balaban J connectivity index is 2.08. The molecule has 2 aromatic rings. The average Bonchev–Trinajstić information content (AvgIpc) is 2.53. The van der Waals surface area contributed by atoms with Gasteiger partial charge in [-0.05, 0) is 42.3 Å². The van der Waals surface area contributed by atoms with Crippen LogP contribution in [0, 0.1) is 0 Å². The van der Waals surface area contributed by atoms with Crippen LogP contribution in [0.15, 0.2) is 48.5 Å². The summed E-state index contributed by atoms with van der Waals surface area (Å²) < 4.78 is 5.54. The molecule has 0 aliphatic rings. The Kier molecular flexibility index (Phi) is 5.64. The number of carbonyl (C=O) groups excluding carboxylic acids is 1. The minimum atomic E-state index is -0.163. The number of ether oxygens (including phenoxy) is 1. The summed E-state index contributed by atoms with van der Waals surface area (Å²) in [5.74, 6) is 0.965. The monoisotopic (exact) mass is 303 g/mol. The molecule has 0 atom stereocenters. The first kappa shape index (κ1) is 15.4. The van der Waals surface area contributed by atoms with Crippen LogP contribution in [0.25, 0.3) is 0 Å². The SMILES string of the molecule is CCCOc1cccc(C(=O)Nc2cccc(CCl)c2)c1. The van der Waals surface area contributed by atoms with Crippen molar-refractivity contribution in [2.45, 2.75) is 19.2 Å². The fraction of sp³-hybridized carbons (Fsp3) is 0.235. The van der Waals surface area contributed by atoms with Crippen molar-refractivity contribution in [3.63, 3.8) is 0 Å². The maximum Gasteiger partial charge on any atom is 0.255 e. The molecule has 0 aliphatic carbocycles. The third-order valence-corrected chi connectivity index (χ3v) is 3.22. The Bertz CT molecular complexity index is 613. The maximum absolute atomic E-state index is 12.2. The maximum atomic E-state index is 12.2. The molecule has 0 heterocycles. The fourth-order valence-corrected chi connectivity index (χ4v) is 2.05. The van der Waals surface area contributed by atoms with Crippen LogP contribution in [0.2, 0.25) is 0 Å². The van der Waals surface area contributed by atoms with Crippen molar-refractivity contribution in [2.75, 3.05) is 11.9 Å². The molecule has 1 N–H and O–H groups in total. The van der Waals surface area contributed by atoms with Gasteiger partial charge in [0.15, 0.2) is 0 Å². The summed E-state index contributed by atoms with van der Waals surface area (Å²) in [5, 5.41) is 2.86. The van der Waals surface area contributed by atoms with E-state index < -0.39 is 0 Å². The van der Waals surface area contributed by atoms with Gasteiger partial charge in [-0.1, -0.05) is 25.1 Å². The van der Waals surface area contributed by atoms with Crippen molar-refractivity contribution < 1.29 is 9.53 Å². The highest BCUT2D eigenvalue weighted by Crippen LogP contribution is 2.17. The number of halogens is 1. The third kappa shape index (κ3) is 4.50. The fourth-order valence-electron chi connectivity index (χ4n) is 1.88. The quantitative estimate of drug-likeness (QED) is 0.800. The van der Waals surface area contributed by atoms with Gasteiger partial charge < -0.3 is 10.1 Å². The molecule has 21 heavy (non-hydrogen) atoms. The van der Waals surface area contributed by atoms with Crippen LogP contribution in [-0.4, -0.2) is 12.5 Å². The molecule has 2 rings (SSSR count). The molecule has 0 saturated heterocycles. The second-order valence-electron chi connectivity index (χ2n) is 4.66. The number of amides is 1.